The summed E-state index contributed by atoms with van der Waals surface area (Å²) < 4.78 is 12.0. The summed E-state index contributed by atoms with van der Waals surface area (Å²) in [6.07, 6.45) is 0. The highest BCUT2D eigenvalue weighted by atomic mass is 16.5. The molecule has 0 unspecified atom stereocenters. The molecule has 174 valence electrons. The first-order valence-electron chi connectivity index (χ1n) is 11.8. The van der Waals surface area contributed by atoms with Gasteiger partial charge in [0, 0.05) is 0 Å². The molecule has 5 heteroatoms. The molecule has 2 aliphatic rings. The van der Waals surface area contributed by atoms with Gasteiger partial charge in [0.05, 0.1) is 0 Å². The summed E-state index contributed by atoms with van der Waals surface area (Å²) in [5.41, 5.74) is 11.4. The predicted molar refractivity (Wildman–Crippen MR) is 136 cm³/mol. The lowest BCUT2D eigenvalue weighted by atomic mass is 9.95. The maximum atomic E-state index is 6.00. The number of pyridine rings is 1. The molecule has 0 radical (unpaired) electrons. The molecule has 5 rings (SSSR count). The van der Waals surface area contributed by atoms with Crippen molar-refractivity contribution in [1.82, 2.24) is 4.98 Å². The summed E-state index contributed by atoms with van der Waals surface area (Å²) >= 11 is 0. The summed E-state index contributed by atoms with van der Waals surface area (Å²) in [6.45, 7) is 13.9. The number of aryl methyl sites for hydroxylation is 6. The molecule has 2 atom stereocenters. The second-order valence-corrected chi connectivity index (χ2v) is 9.55. The van der Waals surface area contributed by atoms with E-state index in [-0.39, 0.29) is 12.1 Å². The summed E-state index contributed by atoms with van der Waals surface area (Å²) in [4.78, 5) is 14.6. The Morgan fingerprint density at radius 2 is 1.00 bits per heavy atom. The van der Waals surface area contributed by atoms with Crippen LogP contribution in [0.25, 0.3) is 0 Å². The third-order valence-electron chi connectivity index (χ3n) is 6.63. The summed E-state index contributed by atoms with van der Waals surface area (Å²) in [6, 6.07) is 14.6. The Kier molecular flexibility index (Phi) is 5.72. The first-order valence-corrected chi connectivity index (χ1v) is 11.8. The van der Waals surface area contributed by atoms with Crippen molar-refractivity contribution >= 4 is 11.8 Å². The third kappa shape index (κ3) is 4.11. The smallest absolute Gasteiger partial charge is 0.236 e. The van der Waals surface area contributed by atoms with Crippen molar-refractivity contribution in [2.75, 3.05) is 13.2 Å². The first-order chi connectivity index (χ1) is 16.3. The number of ether oxygens (including phenoxy) is 2. The van der Waals surface area contributed by atoms with Crippen molar-refractivity contribution in [3.8, 4) is 0 Å². The molecule has 2 aromatic carbocycles. The first kappa shape index (κ1) is 22.3. The van der Waals surface area contributed by atoms with Crippen LogP contribution in [0.3, 0.4) is 0 Å². The minimum Gasteiger partial charge on any atom is -0.474 e. The van der Waals surface area contributed by atoms with E-state index in [9.17, 15) is 0 Å². The zero-order valence-corrected chi connectivity index (χ0v) is 20.8. The van der Waals surface area contributed by atoms with Crippen LogP contribution in [0.5, 0.6) is 0 Å². The van der Waals surface area contributed by atoms with E-state index < -0.39 is 0 Å². The highest BCUT2D eigenvalue weighted by Gasteiger charge is 2.28. The van der Waals surface area contributed by atoms with Gasteiger partial charge in [-0.2, -0.15) is 0 Å². The Hall–Kier alpha value is -3.47. The van der Waals surface area contributed by atoms with Crippen LogP contribution in [0.4, 0.5) is 0 Å². The molecule has 2 aliphatic heterocycles. The van der Waals surface area contributed by atoms with Gasteiger partial charge in [-0.15, -0.1) is 0 Å². The Bertz CT molecular complexity index is 1190. The number of aliphatic imine (C=N–C) groups is 2. The van der Waals surface area contributed by atoms with Gasteiger partial charge in [0.15, 0.2) is 0 Å². The number of aromatic nitrogens is 1. The van der Waals surface area contributed by atoms with Crippen LogP contribution >= 0.6 is 0 Å². The molecule has 0 saturated carbocycles. The van der Waals surface area contributed by atoms with E-state index in [1.54, 1.807) is 0 Å². The Labute approximate surface area is 201 Å². The average molecular weight is 454 g/mol. The normalized spacial score (nSPS) is 19.5. The van der Waals surface area contributed by atoms with E-state index in [0.717, 1.165) is 0 Å². The number of rotatable bonds is 4. The number of hydrogen-bond acceptors (Lipinski definition) is 5. The highest BCUT2D eigenvalue weighted by molar-refractivity contribution is 5.97. The SMILES string of the molecule is Cc1cc(C)c([C@H]2COC(c3cccc(C4=N[C@@H](c5c(C)cc(C)cc5C)CO4)n3)=N2)c(C)c1. The fourth-order valence-electron chi connectivity index (χ4n) is 5.43. The number of nitrogens with zero attached hydrogens (tertiary/aromatic N) is 3. The molecule has 3 heterocycles. The van der Waals surface area contributed by atoms with Crippen LogP contribution < -0.4 is 0 Å². The molecule has 0 N–H and O–H groups in total. The largest absolute Gasteiger partial charge is 0.474 e. The van der Waals surface area contributed by atoms with Crippen molar-refractivity contribution in [3.63, 3.8) is 0 Å². The van der Waals surface area contributed by atoms with E-state index in [1.165, 1.54) is 44.5 Å². The van der Waals surface area contributed by atoms with Gasteiger partial charge in [-0.1, -0.05) is 41.5 Å². The van der Waals surface area contributed by atoms with E-state index in [4.69, 9.17) is 24.4 Å². The van der Waals surface area contributed by atoms with Gasteiger partial charge >= 0.3 is 0 Å². The third-order valence-corrected chi connectivity index (χ3v) is 6.63. The standard InChI is InChI=1S/C29H31N3O2/c1-16-10-18(3)26(19(4)11-16)24-14-33-28(31-24)22-8-7-9-23(30-22)29-32-25(15-34-29)27-20(5)12-17(2)13-21(27)6/h7-13,24-25H,14-15H2,1-6H3/t24-,25-/m1/s1. The van der Waals surface area contributed by atoms with Crippen molar-refractivity contribution < 1.29 is 9.47 Å². The molecule has 0 bridgehead atoms. The van der Waals surface area contributed by atoms with E-state index >= 15 is 0 Å². The van der Waals surface area contributed by atoms with E-state index in [2.05, 4.69) is 65.8 Å². The predicted octanol–water partition coefficient (Wildman–Crippen LogP) is 5.97. The molecule has 34 heavy (non-hydrogen) atoms. The Morgan fingerprint density at radius 3 is 1.38 bits per heavy atom. The molecule has 5 nitrogen and oxygen atoms in total. The molecule has 3 aromatic rings. The van der Waals surface area contributed by atoms with Gasteiger partial charge in [-0.05, 0) is 87.1 Å². The zero-order valence-electron chi connectivity index (χ0n) is 20.8. The minimum absolute atomic E-state index is 0.0157. The number of benzene rings is 2. The fourth-order valence-corrected chi connectivity index (χ4v) is 5.43. The second kappa shape index (κ2) is 8.71. The van der Waals surface area contributed by atoms with Gasteiger partial charge in [0.1, 0.15) is 36.7 Å². The van der Waals surface area contributed by atoms with Crippen LogP contribution in [0.2, 0.25) is 0 Å². The van der Waals surface area contributed by atoms with Crippen molar-refractivity contribution in [3.05, 3.63) is 98.4 Å². The lowest BCUT2D eigenvalue weighted by Crippen LogP contribution is -2.10. The van der Waals surface area contributed by atoms with Gasteiger partial charge in [-0.25, -0.2) is 15.0 Å². The molecular formula is C29H31N3O2. The zero-order chi connectivity index (χ0) is 24.0. The lowest BCUT2D eigenvalue weighted by molar-refractivity contribution is 0.316. The Balaban J connectivity index is 1.42. The van der Waals surface area contributed by atoms with E-state index in [1.807, 2.05) is 18.2 Å². The molecule has 0 spiro atoms. The van der Waals surface area contributed by atoms with Crippen LogP contribution in [-0.2, 0) is 9.47 Å². The van der Waals surface area contributed by atoms with Crippen molar-refractivity contribution in [2.24, 2.45) is 9.98 Å². The highest BCUT2D eigenvalue weighted by Crippen LogP contribution is 2.32. The molecular weight excluding hydrogens is 422 g/mol. The van der Waals surface area contributed by atoms with Gasteiger partial charge < -0.3 is 9.47 Å². The van der Waals surface area contributed by atoms with Crippen LogP contribution in [0.15, 0.2) is 52.4 Å². The van der Waals surface area contributed by atoms with Gasteiger partial charge in [-0.3, -0.25) is 0 Å². The summed E-state index contributed by atoms with van der Waals surface area (Å²) in [5.74, 6) is 1.15. The van der Waals surface area contributed by atoms with E-state index in [0.29, 0.717) is 36.4 Å². The summed E-state index contributed by atoms with van der Waals surface area (Å²) in [7, 11) is 0. The fraction of sp³-hybridized carbons (Fsp3) is 0.345. The quantitative estimate of drug-likeness (QED) is 0.489. The van der Waals surface area contributed by atoms with Crippen LogP contribution in [-0.4, -0.2) is 30.0 Å². The Morgan fingerprint density at radius 1 is 0.618 bits per heavy atom. The molecule has 0 aliphatic carbocycles. The van der Waals surface area contributed by atoms with Crippen molar-refractivity contribution in [1.29, 1.82) is 0 Å². The maximum absolute atomic E-state index is 6.00. The van der Waals surface area contributed by atoms with Crippen molar-refractivity contribution in [2.45, 2.75) is 53.6 Å². The minimum atomic E-state index is -0.0157. The molecule has 1 aromatic heterocycles. The summed E-state index contributed by atoms with van der Waals surface area (Å²) in [5, 5.41) is 0. The topological polar surface area (TPSA) is 56.1 Å². The van der Waals surface area contributed by atoms with Crippen LogP contribution in [0, 0.1) is 41.5 Å². The average Bonchev–Trinajstić information content (AvgIpc) is 3.43. The maximum Gasteiger partial charge on any atom is 0.236 e. The van der Waals surface area contributed by atoms with Crippen LogP contribution in [0.1, 0.15) is 68.0 Å². The van der Waals surface area contributed by atoms with Gasteiger partial charge in [0.2, 0.25) is 11.8 Å². The van der Waals surface area contributed by atoms with Gasteiger partial charge in [0.25, 0.3) is 0 Å². The monoisotopic (exact) mass is 453 g/mol. The second-order valence-electron chi connectivity index (χ2n) is 9.55. The molecule has 0 fully saturated rings. The molecule has 0 saturated heterocycles. The number of hydrogen-bond donors (Lipinski definition) is 0. The molecule has 0 amide bonds. The lowest BCUT2D eigenvalue weighted by Gasteiger charge is -2.14.